The van der Waals surface area contributed by atoms with E-state index in [0.717, 1.165) is 54.0 Å². The maximum Gasteiger partial charge on any atom is 0.165 e. The minimum atomic E-state index is 0.555. The average Bonchev–Trinajstić information content (AvgIpc) is 3.03. The number of nitrogens with one attached hydrogen (secondary N) is 1. The highest BCUT2D eigenvalue weighted by atomic mass is 16.1. The van der Waals surface area contributed by atoms with Crippen molar-refractivity contribution in [3.05, 3.63) is 48.3 Å². The predicted octanol–water partition coefficient (Wildman–Crippen LogP) is 2.50. The zero-order valence-electron chi connectivity index (χ0n) is 14.6. The number of aryl methyl sites for hydroxylation is 1. The molecule has 0 aliphatic heterocycles. The van der Waals surface area contributed by atoms with Crippen molar-refractivity contribution in [3.8, 4) is 11.1 Å². The van der Waals surface area contributed by atoms with E-state index in [1.54, 1.807) is 4.52 Å². The number of hydrogen-bond donors (Lipinski definition) is 1. The lowest BCUT2D eigenvalue weighted by atomic mass is 10.0. The van der Waals surface area contributed by atoms with Crippen molar-refractivity contribution in [1.82, 2.24) is 19.5 Å². The molecule has 0 atom stereocenters. The van der Waals surface area contributed by atoms with Gasteiger partial charge in [0.2, 0.25) is 0 Å². The number of hydrogen-bond acceptors (Lipinski definition) is 5. The van der Waals surface area contributed by atoms with E-state index in [0.29, 0.717) is 6.42 Å². The number of aldehydes is 1. The van der Waals surface area contributed by atoms with Gasteiger partial charge in [-0.25, -0.2) is 9.50 Å². The molecule has 3 rings (SSSR count). The van der Waals surface area contributed by atoms with Gasteiger partial charge in [0, 0.05) is 31.3 Å². The Hall–Kier alpha value is -2.73. The van der Waals surface area contributed by atoms with Gasteiger partial charge < -0.3 is 15.0 Å². The van der Waals surface area contributed by atoms with Gasteiger partial charge in [-0.15, -0.1) is 0 Å². The second-order valence-corrected chi connectivity index (χ2v) is 6.27. The Morgan fingerprint density at radius 3 is 2.72 bits per heavy atom. The molecule has 3 aromatic rings. The highest BCUT2D eigenvalue weighted by Crippen LogP contribution is 2.24. The third-order valence-corrected chi connectivity index (χ3v) is 4.05. The average molecular weight is 337 g/mol. The number of rotatable bonds is 8. The fourth-order valence-corrected chi connectivity index (χ4v) is 2.66. The fourth-order valence-electron chi connectivity index (χ4n) is 2.66. The Bertz CT molecular complexity index is 839. The Morgan fingerprint density at radius 2 is 2.00 bits per heavy atom. The van der Waals surface area contributed by atoms with E-state index in [1.165, 1.54) is 0 Å². The van der Waals surface area contributed by atoms with Crippen LogP contribution >= 0.6 is 0 Å². The van der Waals surface area contributed by atoms with Gasteiger partial charge in [-0.05, 0) is 37.7 Å². The molecule has 25 heavy (non-hydrogen) atoms. The minimum absolute atomic E-state index is 0.555. The summed E-state index contributed by atoms with van der Waals surface area (Å²) >= 11 is 0. The van der Waals surface area contributed by atoms with Gasteiger partial charge in [0.1, 0.15) is 12.1 Å². The third-order valence-electron chi connectivity index (χ3n) is 4.05. The number of benzene rings is 1. The molecule has 0 aliphatic rings. The highest BCUT2D eigenvalue weighted by Gasteiger charge is 2.09. The molecule has 0 saturated carbocycles. The topological polar surface area (TPSA) is 62.5 Å². The summed E-state index contributed by atoms with van der Waals surface area (Å²) in [6.45, 7) is 1.78. The number of nitrogens with zero attached hydrogens (tertiary/aromatic N) is 4. The van der Waals surface area contributed by atoms with E-state index in [1.807, 2.05) is 32.6 Å². The van der Waals surface area contributed by atoms with Crippen LogP contribution in [-0.4, -0.2) is 53.0 Å². The van der Waals surface area contributed by atoms with Gasteiger partial charge in [-0.2, -0.15) is 5.10 Å². The fraction of sp³-hybridized carbons (Fsp3) is 0.316. The third kappa shape index (κ3) is 4.22. The smallest absolute Gasteiger partial charge is 0.165 e. The molecule has 2 aromatic heterocycles. The summed E-state index contributed by atoms with van der Waals surface area (Å²) in [5.41, 5.74) is 4.06. The van der Waals surface area contributed by atoms with Crippen LogP contribution in [0.3, 0.4) is 0 Å². The molecule has 1 aromatic carbocycles. The Kier molecular flexibility index (Phi) is 5.40. The predicted molar refractivity (Wildman–Crippen MR) is 99.9 cm³/mol. The lowest BCUT2D eigenvalue weighted by Crippen LogP contribution is -2.21. The molecule has 0 aliphatic carbocycles. The number of anilines is 1. The second kappa shape index (κ2) is 7.90. The van der Waals surface area contributed by atoms with Crippen molar-refractivity contribution >= 4 is 17.8 Å². The maximum absolute atomic E-state index is 10.5. The highest BCUT2D eigenvalue weighted by molar-refractivity contribution is 5.77. The lowest BCUT2D eigenvalue weighted by molar-refractivity contribution is -0.107. The van der Waals surface area contributed by atoms with Gasteiger partial charge in [0.15, 0.2) is 5.65 Å². The van der Waals surface area contributed by atoms with E-state index in [-0.39, 0.29) is 0 Å². The molecule has 2 heterocycles. The van der Waals surface area contributed by atoms with Crippen LogP contribution in [0.2, 0.25) is 0 Å². The summed E-state index contributed by atoms with van der Waals surface area (Å²) in [5, 5.41) is 7.73. The van der Waals surface area contributed by atoms with Crippen LogP contribution in [0, 0.1) is 0 Å². The number of aromatic nitrogens is 3. The number of fused-ring (bicyclic) bond motifs is 1. The van der Waals surface area contributed by atoms with E-state index in [2.05, 4.69) is 39.6 Å². The Labute approximate surface area is 147 Å². The molecule has 0 unspecified atom stereocenters. The summed E-state index contributed by atoms with van der Waals surface area (Å²) in [5.74, 6) is 0.846. The van der Waals surface area contributed by atoms with Crippen molar-refractivity contribution in [2.45, 2.75) is 12.8 Å². The van der Waals surface area contributed by atoms with Crippen molar-refractivity contribution in [2.24, 2.45) is 0 Å². The molecule has 0 amide bonds. The first-order valence-corrected chi connectivity index (χ1v) is 8.43. The summed E-state index contributed by atoms with van der Waals surface area (Å²) in [7, 11) is 4.10. The summed E-state index contributed by atoms with van der Waals surface area (Å²) in [6, 6.07) is 10.2. The first kappa shape index (κ1) is 17.1. The monoisotopic (exact) mass is 337 g/mol. The summed E-state index contributed by atoms with van der Waals surface area (Å²) in [4.78, 5) is 17.3. The normalized spacial score (nSPS) is 11.2. The molecule has 6 heteroatoms. The van der Waals surface area contributed by atoms with Crippen molar-refractivity contribution in [2.75, 3.05) is 32.5 Å². The van der Waals surface area contributed by atoms with Gasteiger partial charge in [0.25, 0.3) is 0 Å². The van der Waals surface area contributed by atoms with E-state index < -0.39 is 0 Å². The number of likely N-dealkylation sites (N-methyl/N-ethyl adjacent to an activating group) is 1. The molecular formula is C19H23N5O. The molecule has 6 nitrogen and oxygen atoms in total. The molecular weight excluding hydrogens is 314 g/mol. The zero-order chi connectivity index (χ0) is 17.6. The van der Waals surface area contributed by atoms with Crippen LogP contribution in [0.25, 0.3) is 16.8 Å². The molecule has 0 radical (unpaired) electrons. The van der Waals surface area contributed by atoms with Crippen LogP contribution in [0.5, 0.6) is 0 Å². The molecule has 0 fully saturated rings. The standard InChI is InChI=1S/C19H23N5O/c1-23(2)12-10-20-18-9-11-24-19(22-18)17(14-21-24)16-7-5-15(6-8-16)4-3-13-25/h5-9,11,13-14H,3-4,10,12H2,1-2H3,(H,20,22). The Morgan fingerprint density at radius 1 is 1.20 bits per heavy atom. The molecule has 130 valence electrons. The lowest BCUT2D eigenvalue weighted by Gasteiger charge is -2.11. The number of carbonyl (C=O) groups is 1. The zero-order valence-corrected chi connectivity index (χ0v) is 14.6. The van der Waals surface area contributed by atoms with Crippen molar-refractivity contribution in [1.29, 1.82) is 0 Å². The molecule has 0 spiro atoms. The van der Waals surface area contributed by atoms with E-state index >= 15 is 0 Å². The molecule has 0 saturated heterocycles. The van der Waals surface area contributed by atoms with E-state index in [9.17, 15) is 4.79 Å². The van der Waals surface area contributed by atoms with Gasteiger partial charge in [-0.1, -0.05) is 24.3 Å². The van der Waals surface area contributed by atoms with Crippen LogP contribution in [-0.2, 0) is 11.2 Å². The van der Waals surface area contributed by atoms with Crippen molar-refractivity contribution < 1.29 is 4.79 Å². The number of carbonyl (C=O) groups excluding carboxylic acids is 1. The minimum Gasteiger partial charge on any atom is -0.369 e. The van der Waals surface area contributed by atoms with Gasteiger partial charge in [-0.3, -0.25) is 0 Å². The molecule has 1 N–H and O–H groups in total. The largest absolute Gasteiger partial charge is 0.369 e. The quantitative estimate of drug-likeness (QED) is 0.640. The van der Waals surface area contributed by atoms with Gasteiger partial charge >= 0.3 is 0 Å². The SMILES string of the molecule is CN(C)CCNc1ccn2ncc(-c3ccc(CCC=O)cc3)c2n1. The maximum atomic E-state index is 10.5. The van der Waals surface area contributed by atoms with Crippen LogP contribution in [0.1, 0.15) is 12.0 Å². The van der Waals surface area contributed by atoms with Gasteiger partial charge in [0.05, 0.1) is 6.20 Å². The second-order valence-electron chi connectivity index (χ2n) is 6.27. The van der Waals surface area contributed by atoms with E-state index in [4.69, 9.17) is 4.98 Å². The summed E-state index contributed by atoms with van der Waals surface area (Å²) in [6.07, 6.45) is 6.04. The summed E-state index contributed by atoms with van der Waals surface area (Å²) < 4.78 is 1.78. The van der Waals surface area contributed by atoms with Crippen LogP contribution in [0.4, 0.5) is 5.82 Å². The van der Waals surface area contributed by atoms with Crippen molar-refractivity contribution in [3.63, 3.8) is 0 Å². The van der Waals surface area contributed by atoms with Crippen LogP contribution in [0.15, 0.2) is 42.7 Å². The first-order valence-electron chi connectivity index (χ1n) is 8.43. The van der Waals surface area contributed by atoms with Crippen LogP contribution < -0.4 is 5.32 Å². The Balaban J connectivity index is 1.82. The first-order chi connectivity index (χ1) is 12.2. The molecule has 0 bridgehead atoms.